The predicted octanol–water partition coefficient (Wildman–Crippen LogP) is 3.12. The van der Waals surface area contributed by atoms with Crippen molar-refractivity contribution in [2.45, 2.75) is 12.8 Å². The van der Waals surface area contributed by atoms with Gasteiger partial charge in [-0.2, -0.15) is 0 Å². The van der Waals surface area contributed by atoms with Crippen molar-refractivity contribution in [2.24, 2.45) is 0 Å². The lowest BCUT2D eigenvalue weighted by atomic mass is 10.00. The Hall–Kier alpha value is -2.95. The lowest BCUT2D eigenvalue weighted by Crippen LogP contribution is -2.13. The van der Waals surface area contributed by atoms with Crippen LogP contribution in [0.4, 0.5) is 0 Å². The maximum absolute atomic E-state index is 12.2. The number of Topliss-reactive ketones (excluding diaryl/α,β-unsaturated/α-hetero) is 3. The van der Waals surface area contributed by atoms with Gasteiger partial charge in [0.2, 0.25) is 0 Å². The molecular weight excluding hydrogens is 308 g/mol. The number of benzene rings is 2. The van der Waals surface area contributed by atoms with Crippen molar-refractivity contribution >= 4 is 17.3 Å². The molecule has 2 aromatic rings. The molecule has 0 saturated heterocycles. The van der Waals surface area contributed by atoms with Crippen LogP contribution < -0.4 is 9.47 Å². The molecule has 0 atom stereocenters. The van der Waals surface area contributed by atoms with E-state index in [2.05, 4.69) is 0 Å². The average molecular weight is 326 g/mol. The molecule has 5 heteroatoms. The SMILES string of the molecule is COc1ccc(C(=O)CC(=O)CC(=O)c2ccccc2OC)cc1. The molecule has 0 heterocycles. The second-order valence-corrected chi connectivity index (χ2v) is 5.17. The number of para-hydroxylation sites is 1. The van der Waals surface area contributed by atoms with E-state index < -0.39 is 5.78 Å². The third kappa shape index (κ3) is 4.29. The number of carbonyl (C=O) groups excluding carboxylic acids is 3. The molecule has 0 aliphatic rings. The van der Waals surface area contributed by atoms with Crippen LogP contribution in [0.15, 0.2) is 48.5 Å². The maximum Gasteiger partial charge on any atom is 0.173 e. The van der Waals surface area contributed by atoms with Gasteiger partial charge in [0.05, 0.1) is 32.6 Å². The molecule has 0 N–H and O–H groups in total. The van der Waals surface area contributed by atoms with Gasteiger partial charge in [0.25, 0.3) is 0 Å². The summed E-state index contributed by atoms with van der Waals surface area (Å²) < 4.78 is 10.1. The van der Waals surface area contributed by atoms with Crippen LogP contribution in [0.3, 0.4) is 0 Å². The summed E-state index contributed by atoms with van der Waals surface area (Å²) in [7, 11) is 2.99. The zero-order chi connectivity index (χ0) is 17.5. The Balaban J connectivity index is 1.99. The van der Waals surface area contributed by atoms with Crippen LogP contribution in [-0.4, -0.2) is 31.6 Å². The predicted molar refractivity (Wildman–Crippen MR) is 88.9 cm³/mol. The van der Waals surface area contributed by atoms with Gasteiger partial charge in [0, 0.05) is 5.56 Å². The molecular formula is C19H18O5. The van der Waals surface area contributed by atoms with E-state index in [0.717, 1.165) is 0 Å². The Morgan fingerprint density at radius 3 is 2.04 bits per heavy atom. The Morgan fingerprint density at radius 2 is 1.42 bits per heavy atom. The standard InChI is InChI=1S/C19H18O5/c1-23-15-9-7-13(8-10-15)17(21)11-14(20)12-18(22)16-5-3-4-6-19(16)24-2/h3-10H,11-12H2,1-2H3. The molecule has 0 aliphatic carbocycles. The summed E-state index contributed by atoms with van der Waals surface area (Å²) >= 11 is 0. The Labute approximate surface area is 140 Å². The molecule has 0 radical (unpaired) electrons. The van der Waals surface area contributed by atoms with Crippen molar-refractivity contribution in [3.05, 3.63) is 59.7 Å². The number of ether oxygens (including phenoxy) is 2. The summed E-state index contributed by atoms with van der Waals surface area (Å²) in [5.74, 6) is -0.0665. The molecule has 0 spiro atoms. The van der Waals surface area contributed by atoms with Crippen molar-refractivity contribution < 1.29 is 23.9 Å². The van der Waals surface area contributed by atoms with Crippen molar-refractivity contribution in [1.82, 2.24) is 0 Å². The first-order valence-electron chi connectivity index (χ1n) is 7.40. The van der Waals surface area contributed by atoms with Crippen LogP contribution in [-0.2, 0) is 4.79 Å². The van der Waals surface area contributed by atoms with Gasteiger partial charge >= 0.3 is 0 Å². The van der Waals surface area contributed by atoms with Gasteiger partial charge in [0.15, 0.2) is 11.6 Å². The van der Waals surface area contributed by atoms with E-state index in [-0.39, 0.29) is 24.4 Å². The smallest absolute Gasteiger partial charge is 0.173 e. The summed E-state index contributed by atoms with van der Waals surface area (Å²) in [6.07, 6.45) is -0.643. The average Bonchev–Trinajstić information content (AvgIpc) is 2.61. The Bertz CT molecular complexity index is 747. The first kappa shape index (κ1) is 17.4. The molecule has 5 nitrogen and oxygen atoms in total. The van der Waals surface area contributed by atoms with Crippen molar-refractivity contribution in [3.8, 4) is 11.5 Å². The van der Waals surface area contributed by atoms with E-state index in [9.17, 15) is 14.4 Å². The van der Waals surface area contributed by atoms with Crippen LogP contribution >= 0.6 is 0 Å². The fourth-order valence-electron chi connectivity index (χ4n) is 2.27. The molecule has 24 heavy (non-hydrogen) atoms. The van der Waals surface area contributed by atoms with Crippen LogP contribution in [0.25, 0.3) is 0 Å². The van der Waals surface area contributed by atoms with E-state index in [1.165, 1.54) is 14.2 Å². The molecule has 124 valence electrons. The first-order valence-corrected chi connectivity index (χ1v) is 7.40. The monoisotopic (exact) mass is 326 g/mol. The van der Waals surface area contributed by atoms with Gasteiger partial charge in [0.1, 0.15) is 17.3 Å². The quantitative estimate of drug-likeness (QED) is 0.550. The lowest BCUT2D eigenvalue weighted by Gasteiger charge is -2.07. The largest absolute Gasteiger partial charge is 0.497 e. The van der Waals surface area contributed by atoms with Crippen molar-refractivity contribution in [3.63, 3.8) is 0 Å². The van der Waals surface area contributed by atoms with Gasteiger partial charge in [-0.3, -0.25) is 14.4 Å². The minimum atomic E-state index is -0.424. The minimum Gasteiger partial charge on any atom is -0.497 e. The fraction of sp³-hybridized carbons (Fsp3) is 0.211. The van der Waals surface area contributed by atoms with E-state index in [1.54, 1.807) is 48.5 Å². The fourth-order valence-corrected chi connectivity index (χ4v) is 2.27. The summed E-state index contributed by atoms with van der Waals surface area (Å²) in [6, 6.07) is 13.2. The number of methoxy groups -OCH3 is 2. The second kappa shape index (κ2) is 8.06. The highest BCUT2D eigenvalue weighted by atomic mass is 16.5. The molecule has 0 aliphatic heterocycles. The third-order valence-corrected chi connectivity index (χ3v) is 3.53. The normalized spacial score (nSPS) is 10.1. The molecule has 2 rings (SSSR count). The number of rotatable bonds is 8. The summed E-state index contributed by atoms with van der Waals surface area (Å²) in [4.78, 5) is 36.3. The molecule has 0 fully saturated rings. The van der Waals surface area contributed by atoms with Gasteiger partial charge < -0.3 is 9.47 Å². The molecule has 0 aromatic heterocycles. The summed E-state index contributed by atoms with van der Waals surface area (Å²) in [5.41, 5.74) is 0.749. The summed E-state index contributed by atoms with van der Waals surface area (Å²) in [6.45, 7) is 0. The molecule has 0 bridgehead atoms. The highest BCUT2D eigenvalue weighted by molar-refractivity contribution is 6.16. The van der Waals surface area contributed by atoms with Gasteiger partial charge in [-0.25, -0.2) is 0 Å². The van der Waals surface area contributed by atoms with E-state index in [4.69, 9.17) is 9.47 Å². The van der Waals surface area contributed by atoms with Crippen molar-refractivity contribution in [1.29, 1.82) is 0 Å². The number of carbonyl (C=O) groups is 3. The Kier molecular flexibility index (Phi) is 5.84. The summed E-state index contributed by atoms with van der Waals surface area (Å²) in [5, 5.41) is 0. The van der Waals surface area contributed by atoms with Gasteiger partial charge in [-0.15, -0.1) is 0 Å². The number of ketones is 3. The molecule has 2 aromatic carbocycles. The lowest BCUT2D eigenvalue weighted by molar-refractivity contribution is -0.117. The third-order valence-electron chi connectivity index (χ3n) is 3.53. The van der Waals surface area contributed by atoms with E-state index in [0.29, 0.717) is 22.6 Å². The van der Waals surface area contributed by atoms with Crippen LogP contribution in [0.2, 0.25) is 0 Å². The zero-order valence-corrected chi connectivity index (χ0v) is 13.6. The van der Waals surface area contributed by atoms with Gasteiger partial charge in [-0.05, 0) is 36.4 Å². The van der Waals surface area contributed by atoms with E-state index >= 15 is 0 Å². The first-order chi connectivity index (χ1) is 11.5. The van der Waals surface area contributed by atoms with Crippen molar-refractivity contribution in [2.75, 3.05) is 14.2 Å². The zero-order valence-electron chi connectivity index (χ0n) is 13.6. The number of hydrogen-bond acceptors (Lipinski definition) is 5. The van der Waals surface area contributed by atoms with Crippen LogP contribution in [0.5, 0.6) is 11.5 Å². The van der Waals surface area contributed by atoms with Crippen LogP contribution in [0.1, 0.15) is 33.6 Å². The molecule has 0 unspecified atom stereocenters. The van der Waals surface area contributed by atoms with Gasteiger partial charge in [-0.1, -0.05) is 12.1 Å². The Morgan fingerprint density at radius 1 is 0.792 bits per heavy atom. The van der Waals surface area contributed by atoms with E-state index in [1.807, 2.05) is 0 Å². The topological polar surface area (TPSA) is 69.7 Å². The second-order valence-electron chi connectivity index (χ2n) is 5.17. The van der Waals surface area contributed by atoms with Crippen LogP contribution in [0, 0.1) is 0 Å². The number of hydrogen-bond donors (Lipinski definition) is 0. The minimum absolute atomic E-state index is 0.312. The highest BCUT2D eigenvalue weighted by Gasteiger charge is 2.18. The molecule has 0 saturated carbocycles. The maximum atomic E-state index is 12.2. The highest BCUT2D eigenvalue weighted by Crippen LogP contribution is 2.20. The molecule has 0 amide bonds.